The van der Waals surface area contributed by atoms with Gasteiger partial charge in [0.05, 0.1) is 0 Å². The van der Waals surface area contributed by atoms with E-state index in [4.69, 9.17) is 0 Å². The minimum absolute atomic E-state index is 0. The van der Waals surface area contributed by atoms with Crippen LogP contribution < -0.4 is 5.32 Å². The molecule has 1 saturated heterocycles. The Bertz CT molecular complexity index is 284. The molecule has 2 rings (SSSR count). The molecule has 1 N–H and O–H groups in total. The predicted molar refractivity (Wildman–Crippen MR) is 78.1 cm³/mol. The van der Waals surface area contributed by atoms with Crippen LogP contribution in [0.5, 0.6) is 0 Å². The highest BCUT2D eigenvalue weighted by molar-refractivity contribution is 7.09. The van der Waals surface area contributed by atoms with E-state index in [0.29, 0.717) is 0 Å². The lowest BCUT2D eigenvalue weighted by molar-refractivity contribution is 0.267. The van der Waals surface area contributed by atoms with Crippen molar-refractivity contribution in [3.8, 4) is 0 Å². The molecule has 0 aliphatic carbocycles. The summed E-state index contributed by atoms with van der Waals surface area (Å²) in [6, 6.07) is 4.37. The molecule has 1 aliphatic rings. The minimum atomic E-state index is 0. The third-order valence-electron chi connectivity index (χ3n) is 3.38. The summed E-state index contributed by atoms with van der Waals surface area (Å²) in [6.07, 6.45) is 4.10. The first-order chi connectivity index (χ1) is 7.84. The van der Waals surface area contributed by atoms with Crippen LogP contribution in [-0.2, 0) is 6.54 Å². The van der Waals surface area contributed by atoms with E-state index in [0.717, 1.165) is 12.5 Å². The van der Waals surface area contributed by atoms with Gasteiger partial charge in [-0.1, -0.05) is 6.07 Å². The standard InChI is InChI=1S/C13H22N2S.ClH/c1-15(11-13-3-2-10-16-13)9-6-12-4-7-14-8-5-12;/h2-3,10,12,14H,4-9,11H2,1H3;1H. The maximum atomic E-state index is 3.43. The van der Waals surface area contributed by atoms with Crippen molar-refractivity contribution in [3.63, 3.8) is 0 Å². The van der Waals surface area contributed by atoms with Crippen LogP contribution in [0, 0.1) is 5.92 Å². The van der Waals surface area contributed by atoms with Crippen molar-refractivity contribution >= 4 is 23.7 Å². The third-order valence-corrected chi connectivity index (χ3v) is 4.24. The van der Waals surface area contributed by atoms with Crippen molar-refractivity contribution in [2.75, 3.05) is 26.7 Å². The van der Waals surface area contributed by atoms with Crippen LogP contribution >= 0.6 is 23.7 Å². The molecule has 0 unspecified atom stereocenters. The van der Waals surface area contributed by atoms with Crippen LogP contribution in [0.1, 0.15) is 24.1 Å². The Kier molecular flexibility index (Phi) is 7.12. The molecule has 0 bridgehead atoms. The van der Waals surface area contributed by atoms with Gasteiger partial charge in [-0.15, -0.1) is 23.7 Å². The van der Waals surface area contributed by atoms with Gasteiger partial charge < -0.3 is 10.2 Å². The summed E-state index contributed by atoms with van der Waals surface area (Å²) in [7, 11) is 2.24. The van der Waals surface area contributed by atoms with E-state index in [1.807, 2.05) is 11.3 Å². The molecule has 2 nitrogen and oxygen atoms in total. The maximum absolute atomic E-state index is 3.43. The van der Waals surface area contributed by atoms with Gasteiger partial charge in [-0.2, -0.15) is 0 Å². The predicted octanol–water partition coefficient (Wildman–Crippen LogP) is 2.99. The lowest BCUT2D eigenvalue weighted by Crippen LogP contribution is -2.30. The Labute approximate surface area is 115 Å². The smallest absolute Gasteiger partial charge is 0.0324 e. The summed E-state index contributed by atoms with van der Waals surface area (Å²) in [4.78, 5) is 3.93. The van der Waals surface area contributed by atoms with E-state index < -0.39 is 0 Å². The summed E-state index contributed by atoms with van der Waals surface area (Å²) in [6.45, 7) is 4.80. The van der Waals surface area contributed by atoms with Crippen LogP contribution in [0.2, 0.25) is 0 Å². The monoisotopic (exact) mass is 274 g/mol. The number of nitrogens with zero attached hydrogens (tertiary/aromatic N) is 1. The Morgan fingerprint density at radius 1 is 1.41 bits per heavy atom. The lowest BCUT2D eigenvalue weighted by Gasteiger charge is -2.25. The first kappa shape index (κ1) is 15.0. The molecule has 2 heterocycles. The molecule has 1 aromatic rings. The fourth-order valence-corrected chi connectivity index (χ4v) is 3.10. The molecule has 0 atom stereocenters. The minimum Gasteiger partial charge on any atom is -0.317 e. The summed E-state index contributed by atoms with van der Waals surface area (Å²) >= 11 is 1.86. The van der Waals surface area contributed by atoms with Crippen LogP contribution in [0.3, 0.4) is 0 Å². The summed E-state index contributed by atoms with van der Waals surface area (Å²) in [5.74, 6) is 0.951. The van der Waals surface area contributed by atoms with Crippen LogP contribution in [-0.4, -0.2) is 31.6 Å². The van der Waals surface area contributed by atoms with Gasteiger partial charge in [-0.05, 0) is 63.3 Å². The molecular weight excluding hydrogens is 252 g/mol. The van der Waals surface area contributed by atoms with Crippen molar-refractivity contribution < 1.29 is 0 Å². The molecule has 0 amide bonds. The largest absolute Gasteiger partial charge is 0.317 e. The molecule has 4 heteroatoms. The molecular formula is C13H23ClN2S. The number of piperidine rings is 1. The Morgan fingerprint density at radius 3 is 2.82 bits per heavy atom. The van der Waals surface area contributed by atoms with Gasteiger partial charge in [0.2, 0.25) is 0 Å². The first-order valence-corrected chi connectivity index (χ1v) is 7.14. The van der Waals surface area contributed by atoms with E-state index in [9.17, 15) is 0 Å². The number of rotatable bonds is 5. The molecule has 0 aromatic carbocycles. The van der Waals surface area contributed by atoms with E-state index >= 15 is 0 Å². The quantitative estimate of drug-likeness (QED) is 0.888. The van der Waals surface area contributed by atoms with Gasteiger partial charge in [0.15, 0.2) is 0 Å². The average molecular weight is 275 g/mol. The molecule has 17 heavy (non-hydrogen) atoms. The molecule has 1 aliphatic heterocycles. The summed E-state index contributed by atoms with van der Waals surface area (Å²) in [5, 5.41) is 5.59. The SMILES string of the molecule is CN(CCC1CCNCC1)Cc1cccs1.Cl. The molecule has 0 saturated carbocycles. The Morgan fingerprint density at radius 2 is 2.18 bits per heavy atom. The molecule has 98 valence electrons. The van der Waals surface area contributed by atoms with E-state index in [2.05, 4.69) is 34.8 Å². The van der Waals surface area contributed by atoms with Crippen LogP contribution in [0.4, 0.5) is 0 Å². The van der Waals surface area contributed by atoms with Crippen molar-refractivity contribution in [2.24, 2.45) is 5.92 Å². The van der Waals surface area contributed by atoms with Crippen LogP contribution in [0.15, 0.2) is 17.5 Å². The number of hydrogen-bond acceptors (Lipinski definition) is 3. The number of halogens is 1. The van der Waals surface area contributed by atoms with Crippen molar-refractivity contribution in [3.05, 3.63) is 22.4 Å². The van der Waals surface area contributed by atoms with Gasteiger partial charge in [0.25, 0.3) is 0 Å². The molecule has 1 aromatic heterocycles. The fraction of sp³-hybridized carbons (Fsp3) is 0.692. The second kappa shape index (κ2) is 8.09. The van der Waals surface area contributed by atoms with Gasteiger partial charge in [0.1, 0.15) is 0 Å². The van der Waals surface area contributed by atoms with Gasteiger partial charge in [-0.3, -0.25) is 0 Å². The summed E-state index contributed by atoms with van der Waals surface area (Å²) in [5.41, 5.74) is 0. The third kappa shape index (κ3) is 5.38. The normalized spacial score (nSPS) is 17.1. The zero-order chi connectivity index (χ0) is 11.2. The number of hydrogen-bond donors (Lipinski definition) is 1. The lowest BCUT2D eigenvalue weighted by atomic mass is 9.94. The number of thiophene rings is 1. The molecule has 1 fully saturated rings. The van der Waals surface area contributed by atoms with Gasteiger partial charge in [-0.25, -0.2) is 0 Å². The second-order valence-corrected chi connectivity index (χ2v) is 5.83. The zero-order valence-electron chi connectivity index (χ0n) is 10.5. The molecule has 0 radical (unpaired) electrons. The zero-order valence-corrected chi connectivity index (χ0v) is 12.2. The maximum Gasteiger partial charge on any atom is 0.0324 e. The van der Waals surface area contributed by atoms with Gasteiger partial charge in [0, 0.05) is 11.4 Å². The highest BCUT2D eigenvalue weighted by atomic mass is 35.5. The van der Waals surface area contributed by atoms with Crippen LogP contribution in [0.25, 0.3) is 0 Å². The second-order valence-electron chi connectivity index (χ2n) is 4.80. The molecule has 0 spiro atoms. The van der Waals surface area contributed by atoms with E-state index in [-0.39, 0.29) is 12.4 Å². The first-order valence-electron chi connectivity index (χ1n) is 6.26. The Hall–Kier alpha value is -0.0900. The van der Waals surface area contributed by atoms with Crippen molar-refractivity contribution in [1.82, 2.24) is 10.2 Å². The highest BCUT2D eigenvalue weighted by Crippen LogP contribution is 2.17. The number of nitrogens with one attached hydrogen (secondary N) is 1. The van der Waals surface area contributed by atoms with E-state index in [1.54, 1.807) is 0 Å². The average Bonchev–Trinajstić information content (AvgIpc) is 2.81. The van der Waals surface area contributed by atoms with Crippen molar-refractivity contribution in [1.29, 1.82) is 0 Å². The van der Waals surface area contributed by atoms with Crippen molar-refractivity contribution in [2.45, 2.75) is 25.8 Å². The highest BCUT2D eigenvalue weighted by Gasteiger charge is 2.13. The topological polar surface area (TPSA) is 15.3 Å². The Balaban J connectivity index is 0.00000144. The summed E-state index contributed by atoms with van der Waals surface area (Å²) < 4.78 is 0. The van der Waals surface area contributed by atoms with E-state index in [1.165, 1.54) is 43.8 Å². The van der Waals surface area contributed by atoms with Gasteiger partial charge >= 0.3 is 0 Å². The fourth-order valence-electron chi connectivity index (χ4n) is 2.32.